The number of hydrogen-bond acceptors (Lipinski definition) is 2. The molecule has 1 heterocycles. The third-order valence-corrected chi connectivity index (χ3v) is 4.67. The van der Waals surface area contributed by atoms with Crippen LogP contribution in [0.5, 0.6) is 0 Å². The Balaban J connectivity index is 2.73. The summed E-state index contributed by atoms with van der Waals surface area (Å²) in [6, 6.07) is 2.20. The number of likely N-dealkylation sites (tertiary alicyclic amines) is 1. The smallest absolute Gasteiger partial charge is 0.242 e. The van der Waals surface area contributed by atoms with Crippen LogP contribution >= 0.6 is 0 Å². The van der Waals surface area contributed by atoms with E-state index in [0.29, 0.717) is 17.8 Å². The minimum absolute atomic E-state index is 0.0204. The molecule has 2 unspecified atom stereocenters. The lowest BCUT2D eigenvalue weighted by Crippen LogP contribution is -2.42. The maximum atomic E-state index is 12.5. The van der Waals surface area contributed by atoms with Crippen molar-refractivity contribution in [3.8, 4) is 6.07 Å². The molecule has 3 nitrogen and oxygen atoms in total. The van der Waals surface area contributed by atoms with E-state index in [-0.39, 0.29) is 5.91 Å². The molecule has 1 amide bonds. The first kappa shape index (κ1) is 16.0. The van der Waals surface area contributed by atoms with Gasteiger partial charge in [0.25, 0.3) is 0 Å². The highest BCUT2D eigenvalue weighted by atomic mass is 16.2. The van der Waals surface area contributed by atoms with Gasteiger partial charge in [-0.2, -0.15) is 5.26 Å². The molecule has 3 heteroatoms. The zero-order valence-corrected chi connectivity index (χ0v) is 13.1. The van der Waals surface area contributed by atoms with Crippen LogP contribution in [-0.2, 0) is 4.79 Å². The molecule has 0 aromatic carbocycles. The lowest BCUT2D eigenvalue weighted by molar-refractivity contribution is -0.138. The molecule has 0 aromatic heterocycles. The van der Waals surface area contributed by atoms with E-state index in [1.165, 1.54) is 6.42 Å². The Morgan fingerprint density at radius 2 is 1.89 bits per heavy atom. The molecule has 0 N–H and O–H groups in total. The summed E-state index contributed by atoms with van der Waals surface area (Å²) in [5, 5.41) is 9.24. The molecule has 1 rings (SSSR count). The lowest BCUT2D eigenvalue weighted by atomic mass is 9.77. The fraction of sp³-hybridized carbons (Fsp3) is 0.875. The average molecular weight is 264 g/mol. The first-order valence-electron chi connectivity index (χ1n) is 7.45. The summed E-state index contributed by atoms with van der Waals surface area (Å²) in [6.45, 7) is 12.1. The summed E-state index contributed by atoms with van der Waals surface area (Å²) >= 11 is 0. The average Bonchev–Trinajstić information content (AvgIpc) is 2.62. The van der Waals surface area contributed by atoms with Crippen molar-refractivity contribution >= 4 is 5.91 Å². The second kappa shape index (κ2) is 5.94. The van der Waals surface area contributed by atoms with Crippen LogP contribution in [0.1, 0.15) is 60.3 Å². The van der Waals surface area contributed by atoms with Gasteiger partial charge >= 0.3 is 0 Å². The SMILES string of the molecule is CCC(C)(C#N)C(=O)N1CCCC(C(C)(C)C)CC1. The van der Waals surface area contributed by atoms with E-state index in [1.807, 2.05) is 11.8 Å². The first-order chi connectivity index (χ1) is 8.74. The highest BCUT2D eigenvalue weighted by Crippen LogP contribution is 2.35. The molecule has 1 fully saturated rings. The number of nitriles is 1. The standard InChI is InChI=1S/C16H28N2O/c1-6-16(5,12-17)14(19)18-10-7-8-13(9-11-18)15(2,3)4/h13H,6-11H2,1-5H3. The fourth-order valence-corrected chi connectivity index (χ4v) is 2.79. The number of hydrogen-bond donors (Lipinski definition) is 0. The summed E-state index contributed by atoms with van der Waals surface area (Å²) in [5.41, 5.74) is -0.538. The van der Waals surface area contributed by atoms with Gasteiger partial charge in [0.05, 0.1) is 6.07 Å². The van der Waals surface area contributed by atoms with Gasteiger partial charge < -0.3 is 4.90 Å². The van der Waals surface area contributed by atoms with E-state index in [4.69, 9.17) is 0 Å². The van der Waals surface area contributed by atoms with Crippen molar-refractivity contribution in [1.29, 1.82) is 5.26 Å². The van der Waals surface area contributed by atoms with Crippen LogP contribution in [0.3, 0.4) is 0 Å². The van der Waals surface area contributed by atoms with Gasteiger partial charge in [0.15, 0.2) is 0 Å². The summed E-state index contributed by atoms with van der Waals surface area (Å²) in [7, 11) is 0. The Hall–Kier alpha value is -1.04. The monoisotopic (exact) mass is 264 g/mol. The summed E-state index contributed by atoms with van der Waals surface area (Å²) < 4.78 is 0. The van der Waals surface area contributed by atoms with Crippen molar-refractivity contribution in [2.24, 2.45) is 16.7 Å². The number of carbonyl (C=O) groups excluding carboxylic acids is 1. The van der Waals surface area contributed by atoms with Crippen molar-refractivity contribution in [3.63, 3.8) is 0 Å². The highest BCUT2D eigenvalue weighted by Gasteiger charge is 2.37. The second-order valence-electron chi connectivity index (χ2n) is 7.08. The van der Waals surface area contributed by atoms with Gasteiger partial charge in [-0.1, -0.05) is 27.7 Å². The van der Waals surface area contributed by atoms with Gasteiger partial charge in [0.1, 0.15) is 5.41 Å². The predicted molar refractivity (Wildman–Crippen MR) is 77.4 cm³/mol. The van der Waals surface area contributed by atoms with Gasteiger partial charge in [-0.3, -0.25) is 4.79 Å². The van der Waals surface area contributed by atoms with Crippen molar-refractivity contribution in [3.05, 3.63) is 0 Å². The Labute approximate surface area is 118 Å². The normalized spacial score (nSPS) is 24.2. The summed E-state index contributed by atoms with van der Waals surface area (Å²) in [6.07, 6.45) is 3.88. The second-order valence-corrected chi connectivity index (χ2v) is 7.08. The van der Waals surface area contributed by atoms with E-state index < -0.39 is 5.41 Å². The van der Waals surface area contributed by atoms with Gasteiger partial charge in [-0.15, -0.1) is 0 Å². The predicted octanol–water partition coefficient (Wildman–Crippen LogP) is 3.60. The molecule has 19 heavy (non-hydrogen) atoms. The molecular weight excluding hydrogens is 236 g/mol. The van der Waals surface area contributed by atoms with E-state index in [0.717, 1.165) is 25.9 Å². The van der Waals surface area contributed by atoms with Gasteiger partial charge in [0, 0.05) is 13.1 Å². The number of amides is 1. The van der Waals surface area contributed by atoms with Crippen molar-refractivity contribution in [2.45, 2.75) is 60.3 Å². The number of carbonyl (C=O) groups is 1. The molecule has 0 radical (unpaired) electrons. The molecule has 0 spiro atoms. The Morgan fingerprint density at radius 1 is 1.26 bits per heavy atom. The minimum Gasteiger partial charge on any atom is -0.341 e. The van der Waals surface area contributed by atoms with E-state index >= 15 is 0 Å². The zero-order valence-electron chi connectivity index (χ0n) is 13.1. The van der Waals surface area contributed by atoms with Gasteiger partial charge in [0.2, 0.25) is 5.91 Å². The molecule has 0 aliphatic carbocycles. The Bertz CT molecular complexity index is 364. The van der Waals surface area contributed by atoms with E-state index in [2.05, 4.69) is 26.8 Å². The van der Waals surface area contributed by atoms with Crippen molar-refractivity contribution < 1.29 is 4.79 Å². The summed E-state index contributed by atoms with van der Waals surface area (Å²) in [5.74, 6) is 0.687. The third-order valence-electron chi connectivity index (χ3n) is 4.67. The van der Waals surface area contributed by atoms with Crippen LogP contribution in [0.25, 0.3) is 0 Å². The van der Waals surface area contributed by atoms with Crippen LogP contribution in [0.2, 0.25) is 0 Å². The largest absolute Gasteiger partial charge is 0.341 e. The zero-order chi connectivity index (χ0) is 14.7. The van der Waals surface area contributed by atoms with Gasteiger partial charge in [-0.05, 0) is 43.9 Å². The molecule has 0 saturated carbocycles. The van der Waals surface area contributed by atoms with Gasteiger partial charge in [-0.25, -0.2) is 0 Å². The Morgan fingerprint density at radius 3 is 2.37 bits per heavy atom. The first-order valence-corrected chi connectivity index (χ1v) is 7.45. The molecule has 0 aromatic rings. The Kier molecular flexibility index (Phi) is 5.01. The number of rotatable bonds is 2. The lowest BCUT2D eigenvalue weighted by Gasteiger charge is -2.31. The topological polar surface area (TPSA) is 44.1 Å². The van der Waals surface area contributed by atoms with Crippen LogP contribution in [-0.4, -0.2) is 23.9 Å². The summed E-state index contributed by atoms with van der Waals surface area (Å²) in [4.78, 5) is 14.4. The maximum absolute atomic E-state index is 12.5. The maximum Gasteiger partial charge on any atom is 0.242 e. The highest BCUT2D eigenvalue weighted by molar-refractivity contribution is 5.85. The quantitative estimate of drug-likeness (QED) is 0.765. The molecule has 108 valence electrons. The van der Waals surface area contributed by atoms with Crippen LogP contribution in [0.15, 0.2) is 0 Å². The molecule has 2 atom stereocenters. The van der Waals surface area contributed by atoms with Crippen LogP contribution in [0, 0.1) is 28.1 Å². The van der Waals surface area contributed by atoms with Crippen LogP contribution in [0.4, 0.5) is 0 Å². The van der Waals surface area contributed by atoms with E-state index in [1.54, 1.807) is 6.92 Å². The van der Waals surface area contributed by atoms with Crippen molar-refractivity contribution in [2.75, 3.05) is 13.1 Å². The molecular formula is C16H28N2O. The minimum atomic E-state index is -0.846. The molecule has 0 bridgehead atoms. The molecule has 1 aliphatic heterocycles. The molecule has 1 saturated heterocycles. The fourth-order valence-electron chi connectivity index (χ4n) is 2.79. The van der Waals surface area contributed by atoms with E-state index in [9.17, 15) is 10.1 Å². The third kappa shape index (κ3) is 3.72. The van der Waals surface area contributed by atoms with Crippen LogP contribution < -0.4 is 0 Å². The molecule has 1 aliphatic rings. The number of nitrogens with zero attached hydrogens (tertiary/aromatic N) is 2. The van der Waals surface area contributed by atoms with Crippen molar-refractivity contribution in [1.82, 2.24) is 4.90 Å².